The van der Waals surface area contributed by atoms with Crippen molar-refractivity contribution in [1.82, 2.24) is 4.90 Å². The van der Waals surface area contributed by atoms with E-state index in [1.807, 2.05) is 17.0 Å². The molecule has 2 aliphatic rings. The van der Waals surface area contributed by atoms with Crippen molar-refractivity contribution in [3.05, 3.63) is 24.2 Å². The van der Waals surface area contributed by atoms with Gasteiger partial charge >= 0.3 is 0 Å². The molecule has 2 fully saturated rings. The van der Waals surface area contributed by atoms with Crippen LogP contribution >= 0.6 is 24.0 Å². The molecule has 0 amide bonds. The summed E-state index contributed by atoms with van der Waals surface area (Å²) in [5.41, 5.74) is 0. The highest BCUT2D eigenvalue weighted by molar-refractivity contribution is 8.24. The van der Waals surface area contributed by atoms with Crippen molar-refractivity contribution < 1.29 is 12.8 Å². The fourth-order valence-electron chi connectivity index (χ4n) is 2.28. The van der Waals surface area contributed by atoms with E-state index >= 15 is 0 Å². The van der Waals surface area contributed by atoms with Gasteiger partial charge in [-0.15, -0.1) is 0 Å². The van der Waals surface area contributed by atoms with E-state index in [-0.39, 0.29) is 22.8 Å². The molecular formula is C10H11NO3S3. The zero-order valence-electron chi connectivity index (χ0n) is 8.90. The molecule has 3 heterocycles. The molecule has 0 spiro atoms. The molecule has 0 bridgehead atoms. The van der Waals surface area contributed by atoms with E-state index in [0.29, 0.717) is 6.54 Å². The number of thioether (sulfide) groups is 1. The first-order valence-electron chi connectivity index (χ1n) is 5.25. The van der Waals surface area contributed by atoms with E-state index in [1.165, 1.54) is 11.8 Å². The Hall–Kier alpha value is -0.530. The third kappa shape index (κ3) is 2.11. The lowest BCUT2D eigenvalue weighted by Gasteiger charge is -2.22. The minimum atomic E-state index is -2.89. The van der Waals surface area contributed by atoms with E-state index in [1.54, 1.807) is 6.26 Å². The van der Waals surface area contributed by atoms with Crippen LogP contribution in [0.5, 0.6) is 0 Å². The Morgan fingerprint density at radius 2 is 2.35 bits per heavy atom. The van der Waals surface area contributed by atoms with E-state index in [4.69, 9.17) is 16.6 Å². The van der Waals surface area contributed by atoms with Crippen LogP contribution in [0.25, 0.3) is 0 Å². The molecule has 2 atom stereocenters. The maximum atomic E-state index is 11.6. The van der Waals surface area contributed by atoms with Gasteiger partial charge in [0.15, 0.2) is 9.84 Å². The number of sulfone groups is 1. The van der Waals surface area contributed by atoms with Crippen LogP contribution in [0.1, 0.15) is 5.76 Å². The molecule has 1 aromatic heterocycles. The maximum Gasteiger partial charge on any atom is 0.153 e. The summed E-state index contributed by atoms with van der Waals surface area (Å²) >= 11 is 6.80. The fraction of sp³-hybridized carbons (Fsp3) is 0.500. The summed E-state index contributed by atoms with van der Waals surface area (Å²) in [6.07, 6.45) is 1.62. The van der Waals surface area contributed by atoms with Gasteiger partial charge in [-0.25, -0.2) is 8.42 Å². The zero-order valence-corrected chi connectivity index (χ0v) is 11.4. The Bertz CT molecular complexity index is 537. The average Bonchev–Trinajstić information content (AvgIpc) is 2.87. The van der Waals surface area contributed by atoms with Crippen LogP contribution in [0, 0.1) is 0 Å². The highest BCUT2D eigenvalue weighted by Crippen LogP contribution is 2.38. The summed E-state index contributed by atoms with van der Waals surface area (Å²) in [5, 5.41) is 0.0995. The van der Waals surface area contributed by atoms with Gasteiger partial charge in [-0.3, -0.25) is 0 Å². The van der Waals surface area contributed by atoms with E-state index in [2.05, 4.69) is 0 Å². The van der Waals surface area contributed by atoms with Gasteiger partial charge in [-0.05, 0) is 12.1 Å². The molecule has 0 aliphatic carbocycles. The second-order valence-corrected chi connectivity index (χ2v) is 8.30. The molecule has 2 aliphatic heterocycles. The third-order valence-corrected chi connectivity index (χ3v) is 6.74. The highest BCUT2D eigenvalue weighted by Gasteiger charge is 2.47. The normalized spacial score (nSPS) is 30.8. The van der Waals surface area contributed by atoms with Gasteiger partial charge in [0.1, 0.15) is 10.1 Å². The largest absolute Gasteiger partial charge is 0.467 e. The summed E-state index contributed by atoms with van der Waals surface area (Å²) in [6, 6.07) is 3.72. The smallest absolute Gasteiger partial charge is 0.153 e. The Morgan fingerprint density at radius 3 is 3.06 bits per heavy atom. The molecule has 2 unspecified atom stereocenters. The molecule has 0 saturated carbocycles. The van der Waals surface area contributed by atoms with Gasteiger partial charge in [0.05, 0.1) is 30.4 Å². The molecular weight excluding hydrogens is 278 g/mol. The minimum Gasteiger partial charge on any atom is -0.467 e. The monoisotopic (exact) mass is 289 g/mol. The van der Waals surface area contributed by atoms with Crippen molar-refractivity contribution >= 4 is 38.1 Å². The van der Waals surface area contributed by atoms with Crippen LogP contribution in [-0.4, -0.2) is 40.4 Å². The van der Waals surface area contributed by atoms with Gasteiger partial charge in [0.25, 0.3) is 0 Å². The number of hydrogen-bond donors (Lipinski definition) is 0. The molecule has 0 N–H and O–H groups in total. The third-order valence-electron chi connectivity index (χ3n) is 3.07. The number of hydrogen-bond acceptors (Lipinski definition) is 5. The van der Waals surface area contributed by atoms with Crippen LogP contribution in [0.4, 0.5) is 0 Å². The topological polar surface area (TPSA) is 50.5 Å². The van der Waals surface area contributed by atoms with E-state index in [9.17, 15) is 8.42 Å². The SMILES string of the molecule is O=S1(=O)CC2SC(=S)N(Cc3ccco3)C2C1. The molecule has 92 valence electrons. The number of furan rings is 1. The first kappa shape index (κ1) is 11.6. The average molecular weight is 289 g/mol. The first-order chi connectivity index (χ1) is 8.05. The van der Waals surface area contributed by atoms with Crippen LogP contribution in [0.15, 0.2) is 22.8 Å². The van der Waals surface area contributed by atoms with E-state index < -0.39 is 9.84 Å². The summed E-state index contributed by atoms with van der Waals surface area (Å²) in [6.45, 7) is 0.565. The Morgan fingerprint density at radius 1 is 1.53 bits per heavy atom. The molecule has 1 aromatic rings. The predicted octanol–water partition coefficient (Wildman–Crippen LogP) is 1.28. The number of nitrogens with zero attached hydrogens (tertiary/aromatic N) is 1. The van der Waals surface area contributed by atoms with Crippen LogP contribution in [-0.2, 0) is 16.4 Å². The number of rotatable bonds is 2. The van der Waals surface area contributed by atoms with Crippen LogP contribution in [0.2, 0.25) is 0 Å². The van der Waals surface area contributed by atoms with Gasteiger partial charge in [-0.2, -0.15) is 0 Å². The number of thiocarbonyl (C=S) groups is 1. The van der Waals surface area contributed by atoms with Gasteiger partial charge < -0.3 is 9.32 Å². The van der Waals surface area contributed by atoms with Gasteiger partial charge in [0, 0.05) is 5.25 Å². The Balaban J connectivity index is 1.82. The number of fused-ring (bicyclic) bond motifs is 1. The maximum absolute atomic E-state index is 11.6. The molecule has 2 saturated heterocycles. The first-order valence-corrected chi connectivity index (χ1v) is 8.36. The summed E-state index contributed by atoms with van der Waals surface area (Å²) < 4.78 is 29.3. The van der Waals surface area contributed by atoms with Crippen molar-refractivity contribution in [3.8, 4) is 0 Å². The molecule has 4 nitrogen and oxygen atoms in total. The molecule has 17 heavy (non-hydrogen) atoms. The molecule has 7 heteroatoms. The van der Waals surface area contributed by atoms with Crippen molar-refractivity contribution in [2.24, 2.45) is 0 Å². The van der Waals surface area contributed by atoms with Crippen molar-refractivity contribution in [2.45, 2.75) is 17.8 Å². The van der Waals surface area contributed by atoms with Gasteiger partial charge in [0.2, 0.25) is 0 Å². The lowest BCUT2D eigenvalue weighted by Crippen LogP contribution is -2.36. The molecule has 0 aromatic carbocycles. The van der Waals surface area contributed by atoms with Gasteiger partial charge in [-0.1, -0.05) is 24.0 Å². The summed E-state index contributed by atoms with van der Waals surface area (Å²) in [5.74, 6) is 1.28. The lowest BCUT2D eigenvalue weighted by molar-refractivity contribution is 0.321. The van der Waals surface area contributed by atoms with Crippen molar-refractivity contribution in [2.75, 3.05) is 11.5 Å². The quantitative estimate of drug-likeness (QED) is 0.765. The van der Waals surface area contributed by atoms with Crippen molar-refractivity contribution in [3.63, 3.8) is 0 Å². The second kappa shape index (κ2) is 4.00. The minimum absolute atomic E-state index is 0.0163. The Labute approximate surface area is 109 Å². The Kier molecular flexibility index (Phi) is 2.72. The predicted molar refractivity (Wildman–Crippen MR) is 70.7 cm³/mol. The zero-order chi connectivity index (χ0) is 12.0. The summed E-state index contributed by atoms with van der Waals surface area (Å²) in [7, 11) is -2.89. The molecule has 3 rings (SSSR count). The summed E-state index contributed by atoms with van der Waals surface area (Å²) in [4.78, 5) is 1.98. The van der Waals surface area contributed by atoms with Crippen LogP contribution in [0.3, 0.4) is 0 Å². The second-order valence-electron chi connectivity index (χ2n) is 4.27. The fourth-order valence-corrected chi connectivity index (χ4v) is 6.66. The highest BCUT2D eigenvalue weighted by atomic mass is 32.2. The lowest BCUT2D eigenvalue weighted by atomic mass is 10.2. The van der Waals surface area contributed by atoms with Crippen LogP contribution < -0.4 is 0 Å². The standard InChI is InChI=1S/C10H11NO3S3/c12-17(13)5-8-9(6-17)16-10(15)11(8)4-7-2-1-3-14-7/h1-3,8-9H,4-6H2. The van der Waals surface area contributed by atoms with E-state index in [0.717, 1.165) is 10.1 Å². The van der Waals surface area contributed by atoms with Crippen molar-refractivity contribution in [1.29, 1.82) is 0 Å². The molecule has 0 radical (unpaired) electrons.